The molecule has 2 aromatic heterocycles. The van der Waals surface area contributed by atoms with Crippen LogP contribution in [-0.2, 0) is 17.8 Å². The van der Waals surface area contributed by atoms with Crippen LogP contribution in [0.2, 0.25) is 5.02 Å². The van der Waals surface area contributed by atoms with Crippen molar-refractivity contribution in [3.63, 3.8) is 0 Å². The second-order valence-electron chi connectivity index (χ2n) is 8.39. The van der Waals surface area contributed by atoms with Crippen LogP contribution in [0.5, 0.6) is 0 Å². The van der Waals surface area contributed by atoms with Crippen molar-refractivity contribution in [1.29, 1.82) is 0 Å². The lowest BCUT2D eigenvalue weighted by Crippen LogP contribution is -2.37. The third-order valence-electron chi connectivity index (χ3n) is 5.91. The Balaban J connectivity index is 1.33. The van der Waals surface area contributed by atoms with Gasteiger partial charge in [0.15, 0.2) is 0 Å². The van der Waals surface area contributed by atoms with Crippen LogP contribution in [0.3, 0.4) is 0 Å². The molecule has 8 heteroatoms. The minimum Gasteiger partial charge on any atom is -0.378 e. The molecule has 3 aromatic rings. The Morgan fingerprint density at radius 1 is 1.09 bits per heavy atom. The highest BCUT2D eigenvalue weighted by molar-refractivity contribution is 6.30. The number of hydrogen-bond acceptors (Lipinski definition) is 5. The van der Waals surface area contributed by atoms with Gasteiger partial charge in [0.2, 0.25) is 5.95 Å². The summed E-state index contributed by atoms with van der Waals surface area (Å²) >= 11 is 5.95. The normalized spacial score (nSPS) is 16.2. The molecule has 3 heterocycles. The van der Waals surface area contributed by atoms with E-state index in [1.807, 2.05) is 48.9 Å². The fraction of sp³-hybridized carbons (Fsp3) is 0.375. The number of carbonyl (C=O) groups is 1. The lowest BCUT2D eigenvalue weighted by Gasteiger charge is -2.26. The number of anilines is 1. The maximum Gasteiger partial charge on any atom is 0.268 e. The SMILES string of the molecule is O=C(NCc1ccc(Cl)cc1)c1cc(-c2cnc(N3CCOCC3)nc2)cn1CC1CC1. The van der Waals surface area contributed by atoms with E-state index in [0.717, 1.165) is 42.3 Å². The van der Waals surface area contributed by atoms with Crippen molar-refractivity contribution in [1.82, 2.24) is 19.9 Å². The average Bonchev–Trinajstić information content (AvgIpc) is 3.55. The zero-order chi connectivity index (χ0) is 21.9. The summed E-state index contributed by atoms with van der Waals surface area (Å²) in [5, 5.41) is 3.72. The summed E-state index contributed by atoms with van der Waals surface area (Å²) in [7, 11) is 0. The molecule has 1 saturated carbocycles. The van der Waals surface area contributed by atoms with E-state index in [1.165, 1.54) is 12.8 Å². The molecule has 0 unspecified atom stereocenters. The summed E-state index contributed by atoms with van der Waals surface area (Å²) in [6.45, 7) is 4.31. The number of amides is 1. The number of aromatic nitrogens is 3. The Kier molecular flexibility index (Phi) is 6.10. The fourth-order valence-corrected chi connectivity index (χ4v) is 3.99. The van der Waals surface area contributed by atoms with Crippen LogP contribution in [0, 0.1) is 5.92 Å². The Hall–Kier alpha value is -2.90. The Morgan fingerprint density at radius 3 is 2.50 bits per heavy atom. The predicted molar refractivity (Wildman–Crippen MR) is 124 cm³/mol. The van der Waals surface area contributed by atoms with Gasteiger partial charge in [0, 0.05) is 60.9 Å². The van der Waals surface area contributed by atoms with Gasteiger partial charge in [-0.15, -0.1) is 0 Å². The highest BCUT2D eigenvalue weighted by Crippen LogP contribution is 2.32. The highest BCUT2D eigenvalue weighted by Gasteiger charge is 2.25. The third kappa shape index (κ3) is 4.95. The van der Waals surface area contributed by atoms with Crippen LogP contribution >= 0.6 is 11.6 Å². The monoisotopic (exact) mass is 451 g/mol. The lowest BCUT2D eigenvalue weighted by molar-refractivity contribution is 0.0941. The maximum atomic E-state index is 13.0. The average molecular weight is 452 g/mol. The molecule has 5 rings (SSSR count). The van der Waals surface area contributed by atoms with E-state index in [1.54, 1.807) is 0 Å². The van der Waals surface area contributed by atoms with E-state index in [9.17, 15) is 4.79 Å². The lowest BCUT2D eigenvalue weighted by atomic mass is 10.2. The highest BCUT2D eigenvalue weighted by atomic mass is 35.5. The molecular weight excluding hydrogens is 426 g/mol. The van der Waals surface area contributed by atoms with Crippen LogP contribution in [0.1, 0.15) is 28.9 Å². The number of hydrogen-bond donors (Lipinski definition) is 1. The Bertz CT molecular complexity index is 1070. The molecule has 1 aliphatic carbocycles. The first kappa shape index (κ1) is 21.0. The van der Waals surface area contributed by atoms with Crippen molar-refractivity contribution < 1.29 is 9.53 Å². The number of nitrogens with one attached hydrogen (secondary N) is 1. The molecule has 0 radical (unpaired) electrons. The third-order valence-corrected chi connectivity index (χ3v) is 6.16. The van der Waals surface area contributed by atoms with Crippen molar-refractivity contribution in [2.24, 2.45) is 5.92 Å². The molecular formula is C24H26ClN5O2. The van der Waals surface area contributed by atoms with Gasteiger partial charge in [-0.1, -0.05) is 23.7 Å². The molecule has 1 amide bonds. The van der Waals surface area contributed by atoms with Gasteiger partial charge in [-0.3, -0.25) is 4.79 Å². The van der Waals surface area contributed by atoms with E-state index >= 15 is 0 Å². The molecule has 1 saturated heterocycles. The van der Waals surface area contributed by atoms with Gasteiger partial charge in [-0.2, -0.15) is 0 Å². The fourth-order valence-electron chi connectivity index (χ4n) is 3.86. The molecule has 166 valence electrons. The molecule has 0 atom stereocenters. The van der Waals surface area contributed by atoms with E-state index in [2.05, 4.69) is 24.8 Å². The van der Waals surface area contributed by atoms with Crippen molar-refractivity contribution in [2.45, 2.75) is 25.9 Å². The summed E-state index contributed by atoms with van der Waals surface area (Å²) in [6, 6.07) is 9.44. The van der Waals surface area contributed by atoms with E-state index in [0.29, 0.717) is 36.4 Å². The van der Waals surface area contributed by atoms with Crippen LogP contribution in [0.15, 0.2) is 48.9 Å². The first-order valence-electron chi connectivity index (χ1n) is 11.0. The molecule has 2 aliphatic rings. The van der Waals surface area contributed by atoms with Crippen molar-refractivity contribution in [3.05, 3.63) is 65.2 Å². The van der Waals surface area contributed by atoms with Crippen molar-refractivity contribution in [2.75, 3.05) is 31.2 Å². The first-order chi connectivity index (χ1) is 15.7. The van der Waals surface area contributed by atoms with Crippen molar-refractivity contribution >= 4 is 23.5 Å². The van der Waals surface area contributed by atoms with E-state index in [-0.39, 0.29) is 5.91 Å². The number of rotatable bonds is 7. The van der Waals surface area contributed by atoms with Crippen LogP contribution < -0.4 is 10.2 Å². The van der Waals surface area contributed by atoms with E-state index in [4.69, 9.17) is 16.3 Å². The largest absolute Gasteiger partial charge is 0.378 e. The quantitative estimate of drug-likeness (QED) is 0.592. The second-order valence-corrected chi connectivity index (χ2v) is 8.83. The Morgan fingerprint density at radius 2 is 1.81 bits per heavy atom. The van der Waals surface area contributed by atoms with Crippen LogP contribution in [0.4, 0.5) is 5.95 Å². The molecule has 2 fully saturated rings. The van der Waals surface area contributed by atoms with Gasteiger partial charge in [0.05, 0.1) is 13.2 Å². The molecule has 1 aromatic carbocycles. The van der Waals surface area contributed by atoms with Gasteiger partial charge < -0.3 is 19.5 Å². The summed E-state index contributed by atoms with van der Waals surface area (Å²) < 4.78 is 7.47. The molecule has 0 bridgehead atoms. The summed E-state index contributed by atoms with van der Waals surface area (Å²) in [5.74, 6) is 1.28. The van der Waals surface area contributed by atoms with Crippen LogP contribution in [-0.4, -0.2) is 46.7 Å². The number of nitrogens with zero attached hydrogens (tertiary/aromatic N) is 4. The molecule has 0 spiro atoms. The number of halogens is 1. The van der Waals surface area contributed by atoms with Gasteiger partial charge in [0.25, 0.3) is 5.91 Å². The number of benzene rings is 1. The zero-order valence-corrected chi connectivity index (χ0v) is 18.6. The second kappa shape index (κ2) is 9.30. The van der Waals surface area contributed by atoms with Gasteiger partial charge in [-0.25, -0.2) is 9.97 Å². The molecule has 32 heavy (non-hydrogen) atoms. The zero-order valence-electron chi connectivity index (χ0n) is 17.8. The molecule has 7 nitrogen and oxygen atoms in total. The smallest absolute Gasteiger partial charge is 0.268 e. The summed E-state index contributed by atoms with van der Waals surface area (Å²) in [4.78, 5) is 24.2. The minimum absolute atomic E-state index is 0.0855. The van der Waals surface area contributed by atoms with Crippen molar-refractivity contribution in [3.8, 4) is 11.1 Å². The molecule has 1 N–H and O–H groups in total. The predicted octanol–water partition coefficient (Wildman–Crippen LogP) is 3.78. The minimum atomic E-state index is -0.0855. The summed E-state index contributed by atoms with van der Waals surface area (Å²) in [6.07, 6.45) is 8.16. The van der Waals surface area contributed by atoms with Gasteiger partial charge in [-0.05, 0) is 42.5 Å². The van der Waals surface area contributed by atoms with Gasteiger partial charge in [0.1, 0.15) is 5.69 Å². The molecule has 1 aliphatic heterocycles. The first-order valence-corrected chi connectivity index (χ1v) is 11.4. The number of carbonyl (C=O) groups excluding carboxylic acids is 1. The maximum absolute atomic E-state index is 13.0. The van der Waals surface area contributed by atoms with Gasteiger partial charge >= 0.3 is 0 Å². The standard InChI is InChI=1S/C24H26ClN5O2/c25-21-5-3-17(4-6-21)12-26-23(31)22-11-19(16-30(22)15-18-1-2-18)20-13-27-24(28-14-20)29-7-9-32-10-8-29/h3-6,11,13-14,16,18H,1-2,7-10,12,15H2,(H,26,31). The van der Waals surface area contributed by atoms with Crippen LogP contribution in [0.25, 0.3) is 11.1 Å². The number of morpholine rings is 1. The Labute approximate surface area is 192 Å². The number of ether oxygens (including phenoxy) is 1. The summed E-state index contributed by atoms with van der Waals surface area (Å²) in [5.41, 5.74) is 3.53. The topological polar surface area (TPSA) is 72.3 Å². The van der Waals surface area contributed by atoms with E-state index < -0.39 is 0 Å².